The Morgan fingerprint density at radius 2 is 2.40 bits per heavy atom. The topological polar surface area (TPSA) is 22.1 Å². The zero-order chi connectivity index (χ0) is 10.8. The van der Waals surface area contributed by atoms with Crippen LogP contribution in [0, 0.1) is 5.82 Å². The molecule has 1 aromatic heterocycles. The predicted molar refractivity (Wildman–Crippen MR) is 57.6 cm³/mol. The minimum absolute atomic E-state index is 0.0126. The monoisotopic (exact) mass is 227 g/mol. The van der Waals surface area contributed by atoms with Crippen LogP contribution in [-0.2, 0) is 0 Å². The average Bonchev–Trinajstić information content (AvgIpc) is 2.65. The van der Waals surface area contributed by atoms with Gasteiger partial charge in [-0.1, -0.05) is 6.08 Å². The molecule has 0 N–H and O–H groups in total. The maximum absolute atomic E-state index is 13.8. The van der Waals surface area contributed by atoms with Crippen molar-refractivity contribution in [2.75, 3.05) is 7.11 Å². The van der Waals surface area contributed by atoms with Gasteiger partial charge in [-0.15, -0.1) is 11.6 Å². The van der Waals surface area contributed by atoms with E-state index in [9.17, 15) is 4.39 Å². The molecule has 0 saturated carbocycles. The first-order valence-electron chi connectivity index (χ1n) is 4.76. The molecule has 0 bridgehead atoms. The van der Waals surface area contributed by atoms with E-state index in [1.807, 2.05) is 6.08 Å². The van der Waals surface area contributed by atoms with Crippen molar-refractivity contribution in [2.45, 2.75) is 18.2 Å². The van der Waals surface area contributed by atoms with Crippen molar-refractivity contribution in [3.63, 3.8) is 0 Å². The van der Waals surface area contributed by atoms with Gasteiger partial charge < -0.3 is 4.74 Å². The minimum atomic E-state index is -0.406. The Balaban J connectivity index is 2.40. The third-order valence-electron chi connectivity index (χ3n) is 2.47. The first-order valence-corrected chi connectivity index (χ1v) is 5.19. The number of aromatic nitrogens is 1. The molecule has 0 aliphatic heterocycles. The Bertz CT molecular complexity index is 406. The number of methoxy groups -OCH3 is 1. The molecule has 1 atom stereocenters. The van der Waals surface area contributed by atoms with Crippen LogP contribution in [0.4, 0.5) is 4.39 Å². The van der Waals surface area contributed by atoms with Crippen LogP contribution >= 0.6 is 11.6 Å². The summed E-state index contributed by atoms with van der Waals surface area (Å²) in [5.74, 6) is -0.372. The highest BCUT2D eigenvalue weighted by Gasteiger charge is 2.19. The summed E-state index contributed by atoms with van der Waals surface area (Å²) < 4.78 is 18.6. The first-order chi connectivity index (χ1) is 7.22. The molecule has 0 aromatic carbocycles. The standard InChI is InChI=1S/C11H11ClFNO/c1-15-11-10(13)9(4-5-14-11)7-2-3-8(12)6-7/h4-6,8H,2-3H2,1H3. The highest BCUT2D eigenvalue weighted by molar-refractivity contribution is 6.22. The highest BCUT2D eigenvalue weighted by Crippen LogP contribution is 2.33. The van der Waals surface area contributed by atoms with Crippen molar-refractivity contribution in [3.8, 4) is 5.88 Å². The number of pyridine rings is 1. The maximum Gasteiger partial charge on any atom is 0.250 e. The predicted octanol–water partition coefficient (Wildman–Crippen LogP) is 3.01. The summed E-state index contributed by atoms with van der Waals surface area (Å²) in [6.45, 7) is 0. The molecular weight excluding hydrogens is 217 g/mol. The van der Waals surface area contributed by atoms with E-state index in [0.717, 1.165) is 18.4 Å². The van der Waals surface area contributed by atoms with Gasteiger partial charge in [-0.05, 0) is 24.5 Å². The molecule has 1 unspecified atom stereocenters. The van der Waals surface area contributed by atoms with Gasteiger partial charge in [-0.2, -0.15) is 0 Å². The first kappa shape index (κ1) is 10.4. The van der Waals surface area contributed by atoms with Crippen molar-refractivity contribution >= 4 is 17.2 Å². The Kier molecular flexibility index (Phi) is 2.91. The van der Waals surface area contributed by atoms with Crippen LogP contribution in [0.2, 0.25) is 0 Å². The summed E-state index contributed by atoms with van der Waals surface area (Å²) in [4.78, 5) is 3.79. The Morgan fingerprint density at radius 3 is 3.00 bits per heavy atom. The van der Waals surface area contributed by atoms with Crippen molar-refractivity contribution in [1.29, 1.82) is 0 Å². The number of alkyl halides is 1. The number of hydrogen-bond donors (Lipinski definition) is 0. The third kappa shape index (κ3) is 1.97. The second kappa shape index (κ2) is 4.19. The fourth-order valence-electron chi connectivity index (χ4n) is 1.72. The van der Waals surface area contributed by atoms with Crippen LogP contribution in [0.3, 0.4) is 0 Å². The van der Waals surface area contributed by atoms with Gasteiger partial charge in [0.05, 0.1) is 12.5 Å². The van der Waals surface area contributed by atoms with E-state index in [1.54, 1.807) is 12.3 Å². The molecule has 4 heteroatoms. The van der Waals surface area contributed by atoms with E-state index in [-0.39, 0.29) is 11.3 Å². The number of allylic oxidation sites excluding steroid dienone is 2. The van der Waals surface area contributed by atoms with Gasteiger partial charge in [-0.25, -0.2) is 9.37 Å². The molecular formula is C11H11ClFNO. The lowest BCUT2D eigenvalue weighted by Gasteiger charge is -2.06. The van der Waals surface area contributed by atoms with Crippen LogP contribution in [0.5, 0.6) is 5.88 Å². The smallest absolute Gasteiger partial charge is 0.250 e. The molecule has 0 amide bonds. The van der Waals surface area contributed by atoms with E-state index in [1.165, 1.54) is 7.11 Å². The van der Waals surface area contributed by atoms with Gasteiger partial charge in [-0.3, -0.25) is 0 Å². The molecule has 80 valence electrons. The van der Waals surface area contributed by atoms with Crippen LogP contribution in [0.15, 0.2) is 18.3 Å². The van der Waals surface area contributed by atoms with E-state index in [2.05, 4.69) is 4.98 Å². The molecule has 1 aliphatic carbocycles. The molecule has 0 saturated heterocycles. The maximum atomic E-state index is 13.8. The second-order valence-electron chi connectivity index (χ2n) is 3.43. The van der Waals surface area contributed by atoms with Crippen molar-refractivity contribution < 1.29 is 9.13 Å². The third-order valence-corrected chi connectivity index (χ3v) is 2.81. The van der Waals surface area contributed by atoms with Gasteiger partial charge in [0.25, 0.3) is 5.88 Å². The SMILES string of the molecule is COc1nccc(C2=CC(Cl)CC2)c1F. The van der Waals surface area contributed by atoms with Gasteiger partial charge in [0.15, 0.2) is 5.82 Å². The van der Waals surface area contributed by atoms with Crippen LogP contribution in [0.1, 0.15) is 18.4 Å². The molecule has 0 fully saturated rings. The Hall–Kier alpha value is -1.09. The van der Waals surface area contributed by atoms with E-state index >= 15 is 0 Å². The molecule has 0 spiro atoms. The molecule has 1 aliphatic rings. The molecule has 2 nitrogen and oxygen atoms in total. The van der Waals surface area contributed by atoms with Crippen LogP contribution < -0.4 is 4.74 Å². The number of hydrogen-bond acceptors (Lipinski definition) is 2. The number of ether oxygens (including phenoxy) is 1. The zero-order valence-corrected chi connectivity index (χ0v) is 9.09. The quantitative estimate of drug-likeness (QED) is 0.725. The lowest BCUT2D eigenvalue weighted by atomic mass is 10.1. The summed E-state index contributed by atoms with van der Waals surface area (Å²) in [5, 5.41) is 0.0126. The van der Waals surface area contributed by atoms with Gasteiger partial charge in [0.1, 0.15) is 0 Å². The normalized spacial score (nSPS) is 20.2. The molecule has 1 heterocycles. The van der Waals surface area contributed by atoms with E-state index in [4.69, 9.17) is 16.3 Å². The molecule has 15 heavy (non-hydrogen) atoms. The number of rotatable bonds is 2. The second-order valence-corrected chi connectivity index (χ2v) is 3.99. The van der Waals surface area contributed by atoms with Crippen molar-refractivity contribution in [2.24, 2.45) is 0 Å². The summed E-state index contributed by atoms with van der Waals surface area (Å²) in [6.07, 6.45) is 5.10. The zero-order valence-electron chi connectivity index (χ0n) is 8.34. The Morgan fingerprint density at radius 1 is 1.60 bits per heavy atom. The molecule has 0 radical (unpaired) electrons. The summed E-state index contributed by atoms with van der Waals surface area (Å²) in [5.41, 5.74) is 1.48. The number of nitrogens with zero attached hydrogens (tertiary/aromatic N) is 1. The Labute approximate surface area is 92.7 Å². The summed E-state index contributed by atoms with van der Waals surface area (Å²) >= 11 is 5.94. The lowest BCUT2D eigenvalue weighted by Crippen LogP contribution is -1.96. The highest BCUT2D eigenvalue weighted by atomic mass is 35.5. The number of halogens is 2. The lowest BCUT2D eigenvalue weighted by molar-refractivity contribution is 0.368. The van der Waals surface area contributed by atoms with Gasteiger partial charge >= 0.3 is 0 Å². The molecule has 1 aromatic rings. The van der Waals surface area contributed by atoms with Gasteiger partial charge in [0, 0.05) is 11.8 Å². The fourth-order valence-corrected chi connectivity index (χ4v) is 1.98. The van der Waals surface area contributed by atoms with Gasteiger partial charge in [0.2, 0.25) is 0 Å². The average molecular weight is 228 g/mol. The largest absolute Gasteiger partial charge is 0.479 e. The van der Waals surface area contributed by atoms with E-state index < -0.39 is 5.82 Å². The summed E-state index contributed by atoms with van der Waals surface area (Å²) in [6, 6.07) is 1.65. The van der Waals surface area contributed by atoms with Crippen molar-refractivity contribution in [1.82, 2.24) is 4.98 Å². The molecule has 2 rings (SSSR count). The minimum Gasteiger partial charge on any atom is -0.479 e. The summed E-state index contributed by atoms with van der Waals surface area (Å²) in [7, 11) is 1.41. The van der Waals surface area contributed by atoms with Crippen LogP contribution in [-0.4, -0.2) is 17.5 Å². The van der Waals surface area contributed by atoms with E-state index in [0.29, 0.717) is 5.56 Å². The van der Waals surface area contributed by atoms with Crippen molar-refractivity contribution in [3.05, 3.63) is 29.7 Å². The fraction of sp³-hybridized carbons (Fsp3) is 0.364. The van der Waals surface area contributed by atoms with Crippen LogP contribution in [0.25, 0.3) is 5.57 Å².